The molecule has 1 unspecified atom stereocenters. The van der Waals surface area contributed by atoms with Crippen LogP contribution in [0.3, 0.4) is 0 Å². The lowest BCUT2D eigenvalue weighted by atomic mass is 9.93. The molecule has 1 atom stereocenters. The number of benzene rings is 1. The lowest BCUT2D eigenvalue weighted by Crippen LogP contribution is -2.43. The first-order valence-corrected chi connectivity index (χ1v) is 8.15. The van der Waals surface area contributed by atoms with E-state index in [1.54, 1.807) is 49.1 Å². The zero-order valence-electron chi connectivity index (χ0n) is 13.7. The van der Waals surface area contributed by atoms with Crippen LogP contribution in [-0.2, 0) is 4.79 Å². The van der Waals surface area contributed by atoms with Crippen LogP contribution in [0.2, 0.25) is 5.02 Å². The molecule has 0 N–H and O–H groups in total. The number of hydrogen-bond acceptors (Lipinski definition) is 4. The first kappa shape index (κ1) is 17.5. The van der Waals surface area contributed by atoms with Gasteiger partial charge in [0.05, 0.1) is 0 Å². The summed E-state index contributed by atoms with van der Waals surface area (Å²) in [5.41, 5.74) is -0.974. The molecule has 0 saturated carbocycles. The van der Waals surface area contributed by atoms with Gasteiger partial charge in [-0.2, -0.15) is 5.10 Å². The van der Waals surface area contributed by atoms with E-state index in [9.17, 15) is 4.79 Å². The summed E-state index contributed by atoms with van der Waals surface area (Å²) in [6.45, 7) is 5.65. The van der Waals surface area contributed by atoms with Crippen molar-refractivity contribution in [2.75, 3.05) is 0 Å². The molecule has 124 valence electrons. The molecule has 1 aromatic heterocycles. The van der Waals surface area contributed by atoms with E-state index in [2.05, 4.69) is 17.0 Å². The van der Waals surface area contributed by atoms with Crippen molar-refractivity contribution in [1.29, 1.82) is 0 Å². The summed E-state index contributed by atoms with van der Waals surface area (Å²) in [6.07, 6.45) is 5.69. The van der Waals surface area contributed by atoms with Crippen molar-refractivity contribution in [1.82, 2.24) is 14.8 Å². The van der Waals surface area contributed by atoms with Gasteiger partial charge in [0.1, 0.15) is 24.4 Å². The lowest BCUT2D eigenvalue weighted by Gasteiger charge is -2.29. The normalized spacial score (nSPS) is 12.9. The van der Waals surface area contributed by atoms with Gasteiger partial charge >= 0.3 is 0 Å². The van der Waals surface area contributed by atoms with Gasteiger partial charge in [-0.3, -0.25) is 4.79 Å². The highest BCUT2D eigenvalue weighted by Gasteiger charge is 2.36. The maximum atomic E-state index is 13.0. The van der Waals surface area contributed by atoms with Crippen molar-refractivity contribution in [2.45, 2.75) is 51.7 Å². The Labute approximate surface area is 141 Å². The van der Waals surface area contributed by atoms with Crippen LogP contribution in [-0.4, -0.2) is 26.1 Å². The molecule has 1 heterocycles. The van der Waals surface area contributed by atoms with E-state index < -0.39 is 5.60 Å². The van der Waals surface area contributed by atoms with Crippen LogP contribution in [0.15, 0.2) is 36.9 Å². The highest BCUT2D eigenvalue weighted by molar-refractivity contribution is 6.30. The third-order valence-corrected chi connectivity index (χ3v) is 3.92. The predicted octanol–water partition coefficient (Wildman–Crippen LogP) is 4.09. The quantitative estimate of drug-likeness (QED) is 0.729. The van der Waals surface area contributed by atoms with Gasteiger partial charge in [0.25, 0.3) is 0 Å². The maximum Gasteiger partial charge on any atom is 0.200 e. The maximum absolute atomic E-state index is 13.0. The van der Waals surface area contributed by atoms with Crippen LogP contribution in [0.4, 0.5) is 0 Å². The van der Waals surface area contributed by atoms with Crippen molar-refractivity contribution in [3.63, 3.8) is 0 Å². The second-order valence-corrected chi connectivity index (χ2v) is 6.40. The second-order valence-electron chi connectivity index (χ2n) is 5.96. The molecule has 1 aromatic carbocycles. The SMILES string of the molecule is CCCCC(C(=O)C(C)(C)Oc1ccc(Cl)cc1)n1cncn1. The van der Waals surface area contributed by atoms with E-state index in [0.717, 1.165) is 12.8 Å². The number of aromatic nitrogens is 3. The van der Waals surface area contributed by atoms with E-state index in [-0.39, 0.29) is 11.8 Å². The fraction of sp³-hybridized carbons (Fsp3) is 0.471. The minimum absolute atomic E-state index is 0.0219. The lowest BCUT2D eigenvalue weighted by molar-refractivity contribution is -0.136. The number of hydrogen-bond donors (Lipinski definition) is 0. The van der Waals surface area contributed by atoms with Gasteiger partial charge in [-0.25, -0.2) is 9.67 Å². The van der Waals surface area contributed by atoms with E-state index in [1.807, 2.05) is 0 Å². The fourth-order valence-electron chi connectivity index (χ4n) is 2.41. The first-order valence-electron chi connectivity index (χ1n) is 7.77. The molecule has 2 aromatic rings. The number of carbonyl (C=O) groups is 1. The molecule has 0 saturated heterocycles. The summed E-state index contributed by atoms with van der Waals surface area (Å²) in [4.78, 5) is 17.0. The molecule has 2 rings (SSSR count). The van der Waals surface area contributed by atoms with Crippen LogP contribution in [0.25, 0.3) is 0 Å². The molecule has 0 fully saturated rings. The monoisotopic (exact) mass is 335 g/mol. The number of ether oxygens (including phenoxy) is 1. The summed E-state index contributed by atoms with van der Waals surface area (Å²) >= 11 is 5.88. The molecule has 0 spiro atoms. The molecule has 0 radical (unpaired) electrons. The minimum atomic E-state index is -0.974. The van der Waals surface area contributed by atoms with Crippen molar-refractivity contribution in [3.8, 4) is 5.75 Å². The van der Waals surface area contributed by atoms with Crippen LogP contribution >= 0.6 is 11.6 Å². The Balaban J connectivity index is 2.17. The Bertz CT molecular complexity index is 624. The highest BCUT2D eigenvalue weighted by Crippen LogP contribution is 2.27. The zero-order valence-corrected chi connectivity index (χ0v) is 14.5. The smallest absolute Gasteiger partial charge is 0.200 e. The van der Waals surface area contributed by atoms with Gasteiger partial charge in [0.15, 0.2) is 11.4 Å². The molecule has 6 heteroatoms. The summed E-state index contributed by atoms with van der Waals surface area (Å²) < 4.78 is 7.52. The van der Waals surface area contributed by atoms with Crippen LogP contribution in [0.1, 0.15) is 46.1 Å². The number of ketones is 1. The number of nitrogens with zero attached hydrogens (tertiary/aromatic N) is 3. The second kappa shape index (κ2) is 7.59. The molecule has 0 aliphatic carbocycles. The molecule has 0 bridgehead atoms. The Kier molecular flexibility index (Phi) is 5.77. The average Bonchev–Trinajstić information content (AvgIpc) is 3.04. The molecule has 0 aliphatic heterocycles. The largest absolute Gasteiger partial charge is 0.480 e. The Morgan fingerprint density at radius 2 is 2.04 bits per heavy atom. The fourth-order valence-corrected chi connectivity index (χ4v) is 2.53. The number of unbranched alkanes of at least 4 members (excludes halogenated alkanes) is 1. The van der Waals surface area contributed by atoms with E-state index >= 15 is 0 Å². The molecule has 0 amide bonds. The van der Waals surface area contributed by atoms with Gasteiger partial charge in [-0.15, -0.1) is 0 Å². The van der Waals surface area contributed by atoms with E-state index in [1.165, 1.54) is 6.33 Å². The van der Waals surface area contributed by atoms with Crippen molar-refractivity contribution in [3.05, 3.63) is 41.9 Å². The van der Waals surface area contributed by atoms with Gasteiger partial charge in [-0.05, 0) is 44.5 Å². The summed E-state index contributed by atoms with van der Waals surface area (Å²) in [5, 5.41) is 4.76. The zero-order chi connectivity index (χ0) is 16.9. The number of carbonyl (C=O) groups excluding carboxylic acids is 1. The molecular formula is C17H22ClN3O2. The Hall–Kier alpha value is -1.88. The topological polar surface area (TPSA) is 57.0 Å². The third-order valence-electron chi connectivity index (χ3n) is 3.67. The van der Waals surface area contributed by atoms with E-state index in [4.69, 9.17) is 16.3 Å². The molecule has 0 aliphatic rings. The molecular weight excluding hydrogens is 314 g/mol. The van der Waals surface area contributed by atoms with Crippen LogP contribution in [0.5, 0.6) is 5.75 Å². The Morgan fingerprint density at radius 3 is 2.61 bits per heavy atom. The number of halogens is 1. The minimum Gasteiger partial charge on any atom is -0.480 e. The van der Waals surface area contributed by atoms with Gasteiger partial charge in [0.2, 0.25) is 0 Å². The van der Waals surface area contributed by atoms with Crippen LogP contribution < -0.4 is 4.74 Å². The first-order chi connectivity index (χ1) is 10.9. The van der Waals surface area contributed by atoms with Gasteiger partial charge < -0.3 is 4.74 Å². The summed E-state index contributed by atoms with van der Waals surface area (Å²) in [7, 11) is 0. The average molecular weight is 336 g/mol. The predicted molar refractivity (Wildman–Crippen MR) is 89.8 cm³/mol. The number of rotatable bonds is 8. The van der Waals surface area contributed by atoms with Gasteiger partial charge in [0, 0.05) is 5.02 Å². The molecule has 23 heavy (non-hydrogen) atoms. The third kappa shape index (κ3) is 4.55. The summed E-state index contributed by atoms with van der Waals surface area (Å²) in [6, 6.07) is 6.62. The van der Waals surface area contributed by atoms with Gasteiger partial charge in [-0.1, -0.05) is 31.4 Å². The number of Topliss-reactive ketones (excluding diaryl/α,β-unsaturated/α-hetero) is 1. The van der Waals surface area contributed by atoms with Crippen molar-refractivity contribution in [2.24, 2.45) is 0 Å². The van der Waals surface area contributed by atoms with E-state index in [0.29, 0.717) is 17.2 Å². The Morgan fingerprint density at radius 1 is 1.35 bits per heavy atom. The summed E-state index contributed by atoms with van der Waals surface area (Å²) in [5.74, 6) is 0.590. The molecule has 5 nitrogen and oxygen atoms in total. The highest BCUT2D eigenvalue weighted by atomic mass is 35.5. The van der Waals surface area contributed by atoms with Crippen LogP contribution in [0, 0.1) is 0 Å². The van der Waals surface area contributed by atoms with Crippen molar-refractivity contribution < 1.29 is 9.53 Å². The van der Waals surface area contributed by atoms with Crippen molar-refractivity contribution >= 4 is 17.4 Å². The standard InChI is InChI=1S/C17H22ClN3O2/c1-4-5-6-15(21-12-19-11-20-21)16(22)17(2,3)23-14-9-7-13(18)8-10-14/h7-12,15H,4-6H2,1-3H3.